The molecular weight excluding hydrogens is 267 g/mol. The van der Waals surface area contributed by atoms with E-state index in [1.54, 1.807) is 0 Å². The fourth-order valence-corrected chi connectivity index (χ4v) is 1.80. The SMILES string of the molecule is COC(=O)c1cnn2c(F)ccc(Br)c12. The van der Waals surface area contributed by atoms with Crippen molar-refractivity contribution in [2.45, 2.75) is 0 Å². The van der Waals surface area contributed by atoms with Crippen molar-refractivity contribution >= 4 is 27.4 Å². The highest BCUT2D eigenvalue weighted by molar-refractivity contribution is 9.10. The van der Waals surface area contributed by atoms with Gasteiger partial charge in [-0.25, -0.2) is 9.31 Å². The van der Waals surface area contributed by atoms with Crippen molar-refractivity contribution in [3.05, 3.63) is 34.3 Å². The summed E-state index contributed by atoms with van der Waals surface area (Å²) in [6, 6.07) is 2.77. The number of hydrogen-bond acceptors (Lipinski definition) is 3. The lowest BCUT2D eigenvalue weighted by Crippen LogP contribution is -2.01. The van der Waals surface area contributed by atoms with Crippen LogP contribution >= 0.6 is 15.9 Å². The number of rotatable bonds is 1. The van der Waals surface area contributed by atoms with Crippen molar-refractivity contribution < 1.29 is 13.9 Å². The number of carbonyl (C=O) groups excluding carboxylic acids is 1. The number of aromatic nitrogens is 2. The first-order chi connectivity index (χ1) is 7.15. The minimum atomic E-state index is -0.545. The third kappa shape index (κ3) is 1.50. The largest absolute Gasteiger partial charge is 0.465 e. The van der Waals surface area contributed by atoms with Crippen LogP contribution in [0.3, 0.4) is 0 Å². The fourth-order valence-electron chi connectivity index (χ4n) is 1.29. The number of ether oxygens (including phenoxy) is 1. The lowest BCUT2D eigenvalue weighted by atomic mass is 10.2. The number of carbonyl (C=O) groups is 1. The molecule has 0 saturated heterocycles. The van der Waals surface area contributed by atoms with Gasteiger partial charge < -0.3 is 4.74 Å². The van der Waals surface area contributed by atoms with E-state index in [-0.39, 0.29) is 5.56 Å². The summed E-state index contributed by atoms with van der Waals surface area (Å²) in [6.45, 7) is 0. The van der Waals surface area contributed by atoms with Gasteiger partial charge in [-0.3, -0.25) is 0 Å². The molecule has 2 aromatic heterocycles. The van der Waals surface area contributed by atoms with E-state index in [9.17, 15) is 9.18 Å². The van der Waals surface area contributed by atoms with Crippen LogP contribution in [0.1, 0.15) is 10.4 Å². The molecule has 0 N–H and O–H groups in total. The molecule has 0 aliphatic rings. The molecule has 0 radical (unpaired) electrons. The lowest BCUT2D eigenvalue weighted by Gasteiger charge is -2.00. The van der Waals surface area contributed by atoms with Crippen molar-refractivity contribution in [2.24, 2.45) is 0 Å². The predicted molar refractivity (Wildman–Crippen MR) is 54.2 cm³/mol. The number of methoxy groups -OCH3 is 1. The van der Waals surface area contributed by atoms with Crippen molar-refractivity contribution in [2.75, 3.05) is 7.11 Å². The van der Waals surface area contributed by atoms with Gasteiger partial charge in [0.15, 0.2) is 0 Å². The first kappa shape index (κ1) is 10.1. The highest BCUT2D eigenvalue weighted by Crippen LogP contribution is 2.23. The Morgan fingerprint density at radius 3 is 3.00 bits per heavy atom. The third-order valence-electron chi connectivity index (χ3n) is 1.97. The van der Waals surface area contributed by atoms with E-state index >= 15 is 0 Å². The number of esters is 1. The van der Waals surface area contributed by atoms with Gasteiger partial charge in [-0.2, -0.15) is 9.49 Å². The summed E-state index contributed by atoms with van der Waals surface area (Å²) in [5.41, 5.74) is 0.589. The minimum absolute atomic E-state index is 0.226. The summed E-state index contributed by atoms with van der Waals surface area (Å²) >= 11 is 3.22. The second-order valence-corrected chi connectivity index (χ2v) is 3.67. The standard InChI is InChI=1S/C9H6BrFN2O2/c1-15-9(14)5-4-12-13-7(11)3-2-6(10)8(5)13/h2-4H,1H3. The fraction of sp³-hybridized carbons (Fsp3) is 0.111. The average molecular weight is 273 g/mol. The first-order valence-electron chi connectivity index (χ1n) is 4.05. The number of nitrogens with zero attached hydrogens (tertiary/aromatic N) is 2. The van der Waals surface area contributed by atoms with Crippen LogP contribution in [0.2, 0.25) is 0 Å². The topological polar surface area (TPSA) is 43.6 Å². The molecule has 0 spiro atoms. The van der Waals surface area contributed by atoms with Gasteiger partial charge in [-0.1, -0.05) is 0 Å². The number of hydrogen-bond donors (Lipinski definition) is 0. The Balaban J connectivity index is 2.79. The van der Waals surface area contributed by atoms with Gasteiger partial charge in [0.2, 0.25) is 5.95 Å². The van der Waals surface area contributed by atoms with Crippen molar-refractivity contribution in [1.82, 2.24) is 9.61 Å². The quantitative estimate of drug-likeness (QED) is 0.589. The van der Waals surface area contributed by atoms with E-state index in [1.807, 2.05) is 0 Å². The summed E-state index contributed by atoms with van der Waals surface area (Å²) in [6.07, 6.45) is 1.27. The zero-order chi connectivity index (χ0) is 11.0. The van der Waals surface area contributed by atoms with E-state index in [2.05, 4.69) is 25.8 Å². The zero-order valence-corrected chi connectivity index (χ0v) is 9.28. The monoisotopic (exact) mass is 272 g/mol. The Hall–Kier alpha value is -1.43. The molecule has 0 aromatic carbocycles. The van der Waals surface area contributed by atoms with Crippen LogP contribution in [-0.2, 0) is 4.74 Å². The van der Waals surface area contributed by atoms with Gasteiger partial charge in [0.25, 0.3) is 0 Å². The number of pyridine rings is 1. The van der Waals surface area contributed by atoms with Gasteiger partial charge in [0.05, 0.1) is 18.8 Å². The Morgan fingerprint density at radius 2 is 2.33 bits per heavy atom. The molecule has 4 nitrogen and oxygen atoms in total. The zero-order valence-electron chi connectivity index (χ0n) is 7.70. The molecule has 2 aromatic rings. The molecule has 78 valence electrons. The molecule has 0 bridgehead atoms. The van der Waals surface area contributed by atoms with Crippen LogP contribution in [0.15, 0.2) is 22.8 Å². The lowest BCUT2D eigenvalue weighted by molar-refractivity contribution is 0.0603. The van der Waals surface area contributed by atoms with Gasteiger partial charge in [-0.05, 0) is 28.1 Å². The van der Waals surface area contributed by atoms with Crippen LogP contribution in [0.25, 0.3) is 5.52 Å². The summed E-state index contributed by atoms with van der Waals surface area (Å²) in [5, 5.41) is 3.76. The molecular formula is C9H6BrFN2O2. The normalized spacial score (nSPS) is 10.6. The van der Waals surface area contributed by atoms with Gasteiger partial charge in [-0.15, -0.1) is 0 Å². The Kier molecular flexibility index (Phi) is 2.44. The predicted octanol–water partition coefficient (Wildman–Crippen LogP) is 2.02. The molecule has 0 unspecified atom stereocenters. The molecule has 0 amide bonds. The third-order valence-corrected chi connectivity index (χ3v) is 2.61. The van der Waals surface area contributed by atoms with Crippen LogP contribution in [0.5, 0.6) is 0 Å². The minimum Gasteiger partial charge on any atom is -0.465 e. The summed E-state index contributed by atoms with van der Waals surface area (Å²) < 4.78 is 19.5. The molecule has 0 aliphatic heterocycles. The van der Waals surface area contributed by atoms with Crippen molar-refractivity contribution in [1.29, 1.82) is 0 Å². The van der Waals surface area contributed by atoms with Crippen LogP contribution in [-0.4, -0.2) is 22.7 Å². The van der Waals surface area contributed by atoms with E-state index in [4.69, 9.17) is 0 Å². The molecule has 15 heavy (non-hydrogen) atoms. The molecule has 2 heterocycles. The summed E-state index contributed by atoms with van der Waals surface area (Å²) in [5.74, 6) is -1.08. The molecule has 0 aliphatic carbocycles. The van der Waals surface area contributed by atoms with E-state index < -0.39 is 11.9 Å². The van der Waals surface area contributed by atoms with E-state index in [0.29, 0.717) is 9.99 Å². The van der Waals surface area contributed by atoms with Gasteiger partial charge in [0.1, 0.15) is 5.56 Å². The maximum absolute atomic E-state index is 13.3. The van der Waals surface area contributed by atoms with Gasteiger partial charge >= 0.3 is 5.97 Å². The molecule has 0 saturated carbocycles. The van der Waals surface area contributed by atoms with E-state index in [0.717, 1.165) is 4.52 Å². The highest BCUT2D eigenvalue weighted by atomic mass is 79.9. The summed E-state index contributed by atoms with van der Waals surface area (Å²) in [7, 11) is 1.26. The van der Waals surface area contributed by atoms with Crippen molar-refractivity contribution in [3.63, 3.8) is 0 Å². The van der Waals surface area contributed by atoms with E-state index in [1.165, 1.54) is 25.4 Å². The number of fused-ring (bicyclic) bond motifs is 1. The maximum Gasteiger partial charge on any atom is 0.341 e. The Morgan fingerprint density at radius 1 is 1.60 bits per heavy atom. The van der Waals surface area contributed by atoms with Gasteiger partial charge in [0, 0.05) is 4.47 Å². The summed E-state index contributed by atoms with van der Waals surface area (Å²) in [4.78, 5) is 11.3. The van der Waals surface area contributed by atoms with Crippen LogP contribution in [0.4, 0.5) is 4.39 Å². The molecule has 6 heteroatoms. The molecule has 0 atom stereocenters. The van der Waals surface area contributed by atoms with Crippen LogP contribution < -0.4 is 0 Å². The first-order valence-corrected chi connectivity index (χ1v) is 4.84. The van der Waals surface area contributed by atoms with Crippen LogP contribution in [0, 0.1) is 5.95 Å². The average Bonchev–Trinajstić information content (AvgIpc) is 2.68. The molecule has 2 rings (SSSR count). The molecule has 0 fully saturated rings. The Bertz CT molecular complexity index is 538. The maximum atomic E-state index is 13.3. The smallest absolute Gasteiger partial charge is 0.341 e. The highest BCUT2D eigenvalue weighted by Gasteiger charge is 2.17. The Labute approximate surface area is 92.8 Å². The number of halogens is 2. The van der Waals surface area contributed by atoms with Crippen molar-refractivity contribution in [3.8, 4) is 0 Å². The second kappa shape index (κ2) is 3.62. The second-order valence-electron chi connectivity index (χ2n) is 2.81.